The highest BCUT2D eigenvalue weighted by Crippen LogP contribution is 2.20. The van der Waals surface area contributed by atoms with E-state index in [0.29, 0.717) is 17.0 Å². The number of fused-ring (bicyclic) bond motifs is 1. The molecule has 3 aromatic rings. The number of hydrogen-bond acceptors (Lipinski definition) is 6. The molecule has 0 aromatic heterocycles. The van der Waals surface area contributed by atoms with Crippen molar-refractivity contribution in [1.82, 2.24) is 0 Å². The Morgan fingerprint density at radius 2 is 1.58 bits per heavy atom. The van der Waals surface area contributed by atoms with Crippen molar-refractivity contribution in [2.45, 2.75) is 20.0 Å². The summed E-state index contributed by atoms with van der Waals surface area (Å²) < 4.78 is 15.5. The Kier molecular flexibility index (Phi) is 7.22. The van der Waals surface area contributed by atoms with Gasteiger partial charge >= 0.3 is 11.9 Å². The maximum atomic E-state index is 12.0. The largest absolute Gasteiger partial charge is 0.482 e. The van der Waals surface area contributed by atoms with E-state index in [1.165, 1.54) is 0 Å². The zero-order valence-electron chi connectivity index (χ0n) is 17.3. The summed E-state index contributed by atoms with van der Waals surface area (Å²) in [6.07, 6.45) is -0.216. The molecule has 0 radical (unpaired) electrons. The Bertz CT molecular complexity index is 1070. The molecule has 0 heterocycles. The number of nitrogens with one attached hydrogen (secondary N) is 1. The zero-order chi connectivity index (χ0) is 22.2. The molecule has 0 aliphatic carbocycles. The van der Waals surface area contributed by atoms with E-state index in [9.17, 15) is 14.4 Å². The zero-order valence-corrected chi connectivity index (χ0v) is 17.3. The first kappa shape index (κ1) is 21.8. The van der Waals surface area contributed by atoms with Gasteiger partial charge in [-0.1, -0.05) is 30.3 Å². The fourth-order valence-electron chi connectivity index (χ4n) is 2.76. The second kappa shape index (κ2) is 10.2. The van der Waals surface area contributed by atoms with Crippen molar-refractivity contribution in [2.75, 3.05) is 18.5 Å². The van der Waals surface area contributed by atoms with E-state index in [0.717, 1.165) is 10.8 Å². The number of esters is 2. The summed E-state index contributed by atoms with van der Waals surface area (Å²) in [5.74, 6) is -1.06. The average molecular weight is 421 g/mol. The lowest BCUT2D eigenvalue weighted by molar-refractivity contribution is -0.149. The normalized spacial score (nSPS) is 10.5. The van der Waals surface area contributed by atoms with Gasteiger partial charge in [0.05, 0.1) is 11.7 Å². The number of rotatable bonds is 8. The summed E-state index contributed by atoms with van der Waals surface area (Å²) in [4.78, 5) is 35.7. The highest BCUT2D eigenvalue weighted by Gasteiger charge is 2.11. The second-order valence-corrected chi connectivity index (χ2v) is 7.04. The molecule has 31 heavy (non-hydrogen) atoms. The van der Waals surface area contributed by atoms with Gasteiger partial charge < -0.3 is 19.5 Å². The van der Waals surface area contributed by atoms with Crippen molar-refractivity contribution in [2.24, 2.45) is 0 Å². The van der Waals surface area contributed by atoms with Crippen LogP contribution < -0.4 is 10.1 Å². The van der Waals surface area contributed by atoms with E-state index >= 15 is 0 Å². The molecule has 1 amide bonds. The predicted octanol–water partition coefficient (Wildman–Crippen LogP) is 3.97. The smallest absolute Gasteiger partial charge is 0.344 e. The van der Waals surface area contributed by atoms with Gasteiger partial charge in [-0.25, -0.2) is 9.59 Å². The van der Waals surface area contributed by atoms with Gasteiger partial charge in [-0.15, -0.1) is 0 Å². The molecule has 1 N–H and O–H groups in total. The lowest BCUT2D eigenvalue weighted by atomic mass is 10.1. The van der Waals surface area contributed by atoms with E-state index in [2.05, 4.69) is 5.32 Å². The van der Waals surface area contributed by atoms with Gasteiger partial charge in [0, 0.05) is 5.69 Å². The van der Waals surface area contributed by atoms with Crippen molar-refractivity contribution < 1.29 is 28.6 Å². The molecule has 0 bridgehead atoms. The van der Waals surface area contributed by atoms with Gasteiger partial charge in [-0.05, 0) is 61.0 Å². The van der Waals surface area contributed by atoms with Crippen molar-refractivity contribution in [3.8, 4) is 5.75 Å². The Balaban J connectivity index is 1.42. The first-order valence-electron chi connectivity index (χ1n) is 9.79. The lowest BCUT2D eigenvalue weighted by Gasteiger charge is -2.10. The van der Waals surface area contributed by atoms with E-state index < -0.39 is 24.5 Å². The van der Waals surface area contributed by atoms with Crippen LogP contribution in [0.3, 0.4) is 0 Å². The molecule has 0 saturated carbocycles. The second-order valence-electron chi connectivity index (χ2n) is 7.04. The Hall–Kier alpha value is -3.87. The van der Waals surface area contributed by atoms with E-state index in [1.807, 2.05) is 36.4 Å². The molecule has 3 aromatic carbocycles. The quantitative estimate of drug-likeness (QED) is 0.554. The van der Waals surface area contributed by atoms with Crippen LogP contribution in [0.25, 0.3) is 10.8 Å². The molecule has 3 rings (SSSR count). The van der Waals surface area contributed by atoms with Gasteiger partial charge in [-0.2, -0.15) is 0 Å². The maximum Gasteiger partial charge on any atom is 0.344 e. The summed E-state index contributed by atoms with van der Waals surface area (Å²) in [6.45, 7) is 2.77. The molecule has 0 fully saturated rings. The minimum atomic E-state index is -0.657. The first-order valence-corrected chi connectivity index (χ1v) is 9.79. The SMILES string of the molecule is CC(C)OC(=O)c1ccc(NC(=O)COC(=O)COc2ccc3ccccc3c2)cc1. The third-order valence-electron chi connectivity index (χ3n) is 4.19. The van der Waals surface area contributed by atoms with E-state index in [4.69, 9.17) is 14.2 Å². The molecule has 7 nitrogen and oxygen atoms in total. The lowest BCUT2D eigenvalue weighted by Crippen LogP contribution is -2.23. The fraction of sp³-hybridized carbons (Fsp3) is 0.208. The van der Waals surface area contributed by atoms with Gasteiger partial charge in [-0.3, -0.25) is 4.79 Å². The molecule has 0 unspecified atom stereocenters. The molecule has 7 heteroatoms. The minimum absolute atomic E-state index is 0.216. The molecular weight excluding hydrogens is 398 g/mol. The van der Waals surface area contributed by atoms with Crippen LogP contribution >= 0.6 is 0 Å². The standard InChI is InChI=1S/C24H23NO6/c1-16(2)31-24(28)18-7-10-20(11-8-18)25-22(26)14-30-23(27)15-29-21-12-9-17-5-3-4-6-19(17)13-21/h3-13,16H,14-15H2,1-2H3,(H,25,26). The molecule has 0 saturated heterocycles. The van der Waals surface area contributed by atoms with E-state index in [-0.39, 0.29) is 12.7 Å². The molecule has 0 atom stereocenters. The number of benzene rings is 3. The van der Waals surface area contributed by atoms with Crippen LogP contribution in [-0.4, -0.2) is 37.2 Å². The summed E-state index contributed by atoms with van der Waals surface area (Å²) in [7, 11) is 0. The topological polar surface area (TPSA) is 90.9 Å². The Labute approximate surface area is 179 Å². The average Bonchev–Trinajstić information content (AvgIpc) is 2.76. The summed E-state index contributed by atoms with van der Waals surface area (Å²) in [6, 6.07) is 19.5. The van der Waals surface area contributed by atoms with E-state index in [1.54, 1.807) is 44.2 Å². The number of carbonyl (C=O) groups excluding carboxylic acids is 3. The highest BCUT2D eigenvalue weighted by atomic mass is 16.6. The predicted molar refractivity (Wildman–Crippen MR) is 116 cm³/mol. The summed E-state index contributed by atoms with van der Waals surface area (Å²) in [5.41, 5.74) is 0.846. The first-order chi connectivity index (χ1) is 14.9. The van der Waals surface area contributed by atoms with Gasteiger partial charge in [0.25, 0.3) is 5.91 Å². The maximum absolute atomic E-state index is 12.0. The van der Waals surface area contributed by atoms with Crippen molar-refractivity contribution in [3.63, 3.8) is 0 Å². The fourth-order valence-corrected chi connectivity index (χ4v) is 2.76. The number of ether oxygens (including phenoxy) is 3. The number of hydrogen-bond donors (Lipinski definition) is 1. The third-order valence-corrected chi connectivity index (χ3v) is 4.19. The molecule has 0 spiro atoms. The van der Waals surface area contributed by atoms with Crippen molar-refractivity contribution in [3.05, 3.63) is 72.3 Å². The molecule has 0 aliphatic rings. The van der Waals surface area contributed by atoms with Crippen molar-refractivity contribution in [1.29, 1.82) is 0 Å². The Morgan fingerprint density at radius 3 is 2.29 bits per heavy atom. The third kappa shape index (κ3) is 6.57. The van der Waals surface area contributed by atoms with Crippen LogP contribution in [0.4, 0.5) is 5.69 Å². The van der Waals surface area contributed by atoms with Gasteiger partial charge in [0.2, 0.25) is 0 Å². The molecule has 0 aliphatic heterocycles. The van der Waals surface area contributed by atoms with Crippen LogP contribution in [0.5, 0.6) is 5.75 Å². The number of anilines is 1. The molecular formula is C24H23NO6. The van der Waals surface area contributed by atoms with Crippen LogP contribution in [0, 0.1) is 0 Å². The van der Waals surface area contributed by atoms with Crippen LogP contribution in [0.15, 0.2) is 66.7 Å². The minimum Gasteiger partial charge on any atom is -0.482 e. The summed E-state index contributed by atoms with van der Waals surface area (Å²) >= 11 is 0. The number of carbonyl (C=O) groups is 3. The van der Waals surface area contributed by atoms with Gasteiger partial charge in [0.15, 0.2) is 13.2 Å². The summed E-state index contributed by atoms with van der Waals surface area (Å²) in [5, 5.41) is 4.65. The van der Waals surface area contributed by atoms with Crippen molar-refractivity contribution >= 4 is 34.3 Å². The number of amides is 1. The van der Waals surface area contributed by atoms with Crippen LogP contribution in [-0.2, 0) is 19.1 Å². The van der Waals surface area contributed by atoms with Gasteiger partial charge in [0.1, 0.15) is 5.75 Å². The molecule has 160 valence electrons. The van der Waals surface area contributed by atoms with Crippen LogP contribution in [0.2, 0.25) is 0 Å². The monoisotopic (exact) mass is 421 g/mol. The van der Waals surface area contributed by atoms with Crippen LogP contribution in [0.1, 0.15) is 24.2 Å². The Morgan fingerprint density at radius 1 is 0.871 bits per heavy atom. The highest BCUT2D eigenvalue weighted by molar-refractivity contribution is 5.94.